The van der Waals surface area contributed by atoms with Gasteiger partial charge in [-0.3, -0.25) is 9.71 Å². The van der Waals surface area contributed by atoms with Gasteiger partial charge < -0.3 is 4.42 Å². The number of halogens is 1. The lowest BCUT2D eigenvalue weighted by Gasteiger charge is -2.07. The standard InChI is InChI=1S/C13H9FN2O4S/c14-8-1-4-10(5-2-8)21(18,19)16-9-3-6-12-11(7-9)15-13(17)20-12/h1-7,16H,(H,15,17). The van der Waals surface area contributed by atoms with Crippen LogP contribution in [0, 0.1) is 5.82 Å². The number of sulfonamides is 1. The number of aromatic amines is 1. The zero-order chi connectivity index (χ0) is 15.0. The highest BCUT2D eigenvalue weighted by Gasteiger charge is 2.14. The van der Waals surface area contributed by atoms with Gasteiger partial charge in [0.25, 0.3) is 10.0 Å². The Morgan fingerprint density at radius 1 is 1.10 bits per heavy atom. The van der Waals surface area contributed by atoms with Crippen molar-refractivity contribution in [3.8, 4) is 0 Å². The number of nitrogens with one attached hydrogen (secondary N) is 2. The molecular formula is C13H9FN2O4S. The highest BCUT2D eigenvalue weighted by Crippen LogP contribution is 2.20. The molecule has 0 fully saturated rings. The van der Waals surface area contributed by atoms with Crippen LogP contribution in [0.25, 0.3) is 11.1 Å². The largest absolute Gasteiger partial charge is 0.417 e. The van der Waals surface area contributed by atoms with Gasteiger partial charge in [0.2, 0.25) is 0 Å². The van der Waals surface area contributed by atoms with Gasteiger partial charge in [-0.25, -0.2) is 17.6 Å². The molecular weight excluding hydrogens is 299 g/mol. The Kier molecular flexibility index (Phi) is 3.02. The Hall–Kier alpha value is -2.61. The number of aromatic nitrogens is 1. The fraction of sp³-hybridized carbons (Fsp3) is 0. The van der Waals surface area contributed by atoms with Gasteiger partial charge in [-0.15, -0.1) is 0 Å². The van der Waals surface area contributed by atoms with Gasteiger partial charge >= 0.3 is 5.76 Å². The monoisotopic (exact) mass is 308 g/mol. The van der Waals surface area contributed by atoms with Crippen LogP contribution in [0.15, 0.2) is 56.6 Å². The molecule has 2 aromatic carbocycles. The summed E-state index contributed by atoms with van der Waals surface area (Å²) in [6, 6.07) is 8.81. The molecule has 1 aromatic heterocycles. The molecule has 0 saturated carbocycles. The van der Waals surface area contributed by atoms with Gasteiger partial charge in [0.15, 0.2) is 5.58 Å². The SMILES string of the molecule is O=c1[nH]c2cc(NS(=O)(=O)c3ccc(F)cc3)ccc2o1. The first-order valence-electron chi connectivity index (χ1n) is 5.85. The second-order valence-electron chi connectivity index (χ2n) is 4.28. The van der Waals surface area contributed by atoms with Crippen LogP contribution in [0.4, 0.5) is 10.1 Å². The fourth-order valence-corrected chi connectivity index (χ4v) is 2.89. The predicted octanol–water partition coefficient (Wildman–Crippen LogP) is 2.06. The molecule has 0 amide bonds. The van der Waals surface area contributed by atoms with Crippen LogP contribution >= 0.6 is 0 Å². The van der Waals surface area contributed by atoms with Crippen molar-refractivity contribution in [2.24, 2.45) is 0 Å². The average molecular weight is 308 g/mol. The molecule has 8 heteroatoms. The first kappa shape index (κ1) is 13.4. The van der Waals surface area contributed by atoms with Crippen LogP contribution in [0.2, 0.25) is 0 Å². The van der Waals surface area contributed by atoms with Crippen LogP contribution in [0.5, 0.6) is 0 Å². The van der Waals surface area contributed by atoms with Gasteiger partial charge in [0, 0.05) is 0 Å². The Balaban J connectivity index is 1.96. The average Bonchev–Trinajstić information content (AvgIpc) is 2.78. The lowest BCUT2D eigenvalue weighted by molar-refractivity contribution is 0.555. The summed E-state index contributed by atoms with van der Waals surface area (Å²) in [5, 5.41) is 0. The Morgan fingerprint density at radius 2 is 1.81 bits per heavy atom. The zero-order valence-corrected chi connectivity index (χ0v) is 11.3. The maximum atomic E-state index is 12.8. The normalized spacial score (nSPS) is 11.7. The number of fused-ring (bicyclic) bond motifs is 1. The van der Waals surface area contributed by atoms with Crippen molar-refractivity contribution in [3.63, 3.8) is 0 Å². The summed E-state index contributed by atoms with van der Waals surface area (Å²) in [6.07, 6.45) is 0. The Morgan fingerprint density at radius 3 is 2.52 bits per heavy atom. The second kappa shape index (κ2) is 4.74. The van der Waals surface area contributed by atoms with Crippen molar-refractivity contribution in [1.29, 1.82) is 0 Å². The molecule has 0 unspecified atom stereocenters. The number of benzene rings is 2. The van der Waals surface area contributed by atoms with Crippen LogP contribution in [-0.4, -0.2) is 13.4 Å². The highest BCUT2D eigenvalue weighted by molar-refractivity contribution is 7.92. The number of hydrogen-bond acceptors (Lipinski definition) is 4. The fourth-order valence-electron chi connectivity index (χ4n) is 1.84. The van der Waals surface area contributed by atoms with Gasteiger partial charge in [-0.05, 0) is 42.5 Å². The molecule has 3 rings (SSSR count). The van der Waals surface area contributed by atoms with Gasteiger partial charge in [0.05, 0.1) is 16.1 Å². The second-order valence-corrected chi connectivity index (χ2v) is 5.97. The summed E-state index contributed by atoms with van der Waals surface area (Å²) >= 11 is 0. The maximum absolute atomic E-state index is 12.8. The molecule has 0 saturated heterocycles. The molecule has 0 bridgehead atoms. The molecule has 0 atom stereocenters. The van der Waals surface area contributed by atoms with E-state index in [2.05, 4.69) is 9.71 Å². The molecule has 0 aliphatic heterocycles. The van der Waals surface area contributed by atoms with E-state index in [1.54, 1.807) is 0 Å². The van der Waals surface area contributed by atoms with E-state index >= 15 is 0 Å². The molecule has 21 heavy (non-hydrogen) atoms. The van der Waals surface area contributed by atoms with E-state index in [4.69, 9.17) is 4.42 Å². The molecule has 0 aliphatic rings. The maximum Gasteiger partial charge on any atom is 0.417 e. The van der Waals surface area contributed by atoms with Crippen LogP contribution in [0.1, 0.15) is 0 Å². The summed E-state index contributed by atoms with van der Waals surface area (Å²) in [4.78, 5) is 13.4. The van der Waals surface area contributed by atoms with Crippen molar-refractivity contribution in [2.45, 2.75) is 4.90 Å². The lowest BCUT2D eigenvalue weighted by Crippen LogP contribution is -2.12. The number of hydrogen-bond donors (Lipinski definition) is 2. The van der Waals surface area contributed by atoms with Crippen molar-refractivity contribution in [1.82, 2.24) is 4.98 Å². The third-order valence-electron chi connectivity index (χ3n) is 2.80. The minimum Gasteiger partial charge on any atom is -0.408 e. The van der Waals surface area contributed by atoms with Crippen LogP contribution < -0.4 is 10.5 Å². The first-order chi connectivity index (χ1) is 9.94. The van der Waals surface area contributed by atoms with Crippen LogP contribution in [-0.2, 0) is 10.0 Å². The topological polar surface area (TPSA) is 92.2 Å². The lowest BCUT2D eigenvalue weighted by atomic mass is 10.3. The molecule has 1 heterocycles. The first-order valence-corrected chi connectivity index (χ1v) is 7.34. The molecule has 0 aliphatic carbocycles. The predicted molar refractivity (Wildman–Crippen MR) is 74.0 cm³/mol. The Labute approximate surface area is 118 Å². The van der Waals surface area contributed by atoms with Crippen molar-refractivity contribution in [2.75, 3.05) is 4.72 Å². The summed E-state index contributed by atoms with van der Waals surface area (Å²) in [5.74, 6) is -1.14. The third-order valence-corrected chi connectivity index (χ3v) is 4.19. The summed E-state index contributed by atoms with van der Waals surface area (Å²) in [5.41, 5.74) is 0.952. The highest BCUT2D eigenvalue weighted by atomic mass is 32.2. The van der Waals surface area contributed by atoms with E-state index in [0.717, 1.165) is 24.3 Å². The third kappa shape index (κ3) is 2.65. The quantitative estimate of drug-likeness (QED) is 0.774. The number of H-pyrrole nitrogens is 1. The number of anilines is 1. The van der Waals surface area contributed by atoms with Crippen molar-refractivity contribution >= 4 is 26.8 Å². The van der Waals surface area contributed by atoms with E-state index in [-0.39, 0.29) is 10.6 Å². The summed E-state index contributed by atoms with van der Waals surface area (Å²) in [6.45, 7) is 0. The van der Waals surface area contributed by atoms with Crippen molar-refractivity contribution < 1.29 is 17.2 Å². The van der Waals surface area contributed by atoms with Crippen LogP contribution in [0.3, 0.4) is 0 Å². The van der Waals surface area contributed by atoms with Crippen molar-refractivity contribution in [3.05, 3.63) is 58.8 Å². The summed E-state index contributed by atoms with van der Waals surface area (Å²) in [7, 11) is -3.83. The molecule has 0 radical (unpaired) electrons. The molecule has 6 nitrogen and oxygen atoms in total. The minimum absolute atomic E-state index is 0.0651. The van der Waals surface area contributed by atoms with E-state index in [1.807, 2.05) is 0 Å². The van der Waals surface area contributed by atoms with E-state index in [9.17, 15) is 17.6 Å². The minimum atomic E-state index is -3.83. The molecule has 3 aromatic rings. The van der Waals surface area contributed by atoms with Gasteiger partial charge in [0.1, 0.15) is 5.82 Å². The number of oxazole rings is 1. The molecule has 108 valence electrons. The van der Waals surface area contributed by atoms with E-state index in [1.165, 1.54) is 18.2 Å². The van der Waals surface area contributed by atoms with Gasteiger partial charge in [-0.1, -0.05) is 0 Å². The van der Waals surface area contributed by atoms with Gasteiger partial charge in [-0.2, -0.15) is 0 Å². The Bertz CT molecular complexity index is 958. The smallest absolute Gasteiger partial charge is 0.408 e. The zero-order valence-electron chi connectivity index (χ0n) is 10.5. The molecule has 0 spiro atoms. The van der Waals surface area contributed by atoms with E-state index < -0.39 is 21.6 Å². The van der Waals surface area contributed by atoms with E-state index in [0.29, 0.717) is 11.1 Å². The summed E-state index contributed by atoms with van der Waals surface area (Å²) < 4.78 is 44.2. The number of rotatable bonds is 3. The molecule has 2 N–H and O–H groups in total.